The van der Waals surface area contributed by atoms with E-state index in [1.54, 1.807) is 16.2 Å². The Balaban J connectivity index is 1.38. The van der Waals surface area contributed by atoms with Crippen molar-refractivity contribution in [2.75, 3.05) is 12.3 Å². The van der Waals surface area contributed by atoms with Crippen molar-refractivity contribution in [3.8, 4) is 0 Å². The molecule has 3 aliphatic rings. The third-order valence-corrected chi connectivity index (χ3v) is 11.9. The molecule has 1 heterocycles. The number of carbonyl (C=O) groups is 2. The van der Waals surface area contributed by atoms with Crippen LogP contribution in [0.25, 0.3) is 0 Å². The van der Waals surface area contributed by atoms with Gasteiger partial charge in [-0.2, -0.15) is 4.31 Å². The van der Waals surface area contributed by atoms with Crippen LogP contribution >= 0.6 is 11.3 Å². The SMILES string of the molecule is Cc1ccc(CN(Cc2ccccc2)C(=O)CN(C2CC2)S(=O)(=O)CC23CCC(CC2=O)C3(C)C)s1. The maximum atomic E-state index is 13.9. The molecule has 1 aromatic carbocycles. The van der Waals surface area contributed by atoms with Gasteiger partial charge in [0, 0.05) is 34.2 Å². The number of rotatable bonds is 10. The minimum atomic E-state index is -3.79. The number of ketones is 1. The summed E-state index contributed by atoms with van der Waals surface area (Å²) in [6.45, 7) is 6.86. The van der Waals surface area contributed by atoms with Gasteiger partial charge in [0.1, 0.15) is 5.78 Å². The number of thiophene rings is 1. The van der Waals surface area contributed by atoms with Crippen molar-refractivity contribution in [2.24, 2.45) is 16.7 Å². The van der Waals surface area contributed by atoms with Crippen molar-refractivity contribution in [2.45, 2.75) is 72.0 Å². The van der Waals surface area contributed by atoms with Crippen LogP contribution in [0.2, 0.25) is 0 Å². The van der Waals surface area contributed by atoms with Crippen molar-refractivity contribution in [1.29, 1.82) is 0 Å². The Labute approximate surface area is 218 Å². The summed E-state index contributed by atoms with van der Waals surface area (Å²) >= 11 is 1.65. The zero-order valence-electron chi connectivity index (χ0n) is 21.4. The molecule has 0 spiro atoms. The highest BCUT2D eigenvalue weighted by molar-refractivity contribution is 7.89. The molecular formula is C28H36N2O4S2. The lowest BCUT2D eigenvalue weighted by Gasteiger charge is -2.38. The number of hydrogen-bond acceptors (Lipinski definition) is 5. The monoisotopic (exact) mass is 528 g/mol. The van der Waals surface area contributed by atoms with Crippen LogP contribution in [-0.2, 0) is 32.7 Å². The van der Waals surface area contributed by atoms with E-state index in [1.165, 1.54) is 9.18 Å². The van der Waals surface area contributed by atoms with E-state index >= 15 is 0 Å². The third kappa shape index (κ3) is 4.68. The number of amides is 1. The Kier molecular flexibility index (Phi) is 6.67. The van der Waals surface area contributed by atoms with Crippen LogP contribution in [0.1, 0.15) is 61.3 Å². The van der Waals surface area contributed by atoms with Gasteiger partial charge in [0.05, 0.1) is 18.8 Å². The van der Waals surface area contributed by atoms with Crippen LogP contribution in [0.4, 0.5) is 0 Å². The van der Waals surface area contributed by atoms with Gasteiger partial charge >= 0.3 is 0 Å². The normalized spacial score (nSPS) is 25.0. The number of hydrogen-bond donors (Lipinski definition) is 0. The zero-order valence-corrected chi connectivity index (χ0v) is 23.0. The average Bonchev–Trinajstić information content (AvgIpc) is 3.50. The van der Waals surface area contributed by atoms with Crippen LogP contribution in [0, 0.1) is 23.7 Å². The molecule has 2 aromatic rings. The van der Waals surface area contributed by atoms with E-state index < -0.39 is 15.4 Å². The van der Waals surface area contributed by atoms with Crippen LogP contribution in [0.3, 0.4) is 0 Å². The van der Waals surface area contributed by atoms with Gasteiger partial charge in [0.15, 0.2) is 0 Å². The van der Waals surface area contributed by atoms with Gasteiger partial charge in [0.2, 0.25) is 15.9 Å². The van der Waals surface area contributed by atoms with Crippen molar-refractivity contribution in [1.82, 2.24) is 9.21 Å². The molecule has 2 unspecified atom stereocenters. The molecule has 3 fully saturated rings. The molecule has 0 saturated heterocycles. The summed E-state index contributed by atoms with van der Waals surface area (Å²) < 4.78 is 29.2. The van der Waals surface area contributed by atoms with E-state index in [0.717, 1.165) is 29.7 Å². The molecule has 0 radical (unpaired) electrons. The molecule has 6 nitrogen and oxygen atoms in total. The lowest BCUT2D eigenvalue weighted by molar-refractivity contribution is -0.132. The number of sulfonamides is 1. The number of Topliss-reactive ketones (excluding diaryl/α,β-unsaturated/α-hetero) is 1. The molecule has 3 saturated carbocycles. The molecule has 2 atom stereocenters. The molecule has 3 aliphatic carbocycles. The van der Waals surface area contributed by atoms with Crippen molar-refractivity contribution >= 4 is 33.1 Å². The average molecular weight is 529 g/mol. The molecule has 5 rings (SSSR count). The largest absolute Gasteiger partial charge is 0.332 e. The lowest BCUT2D eigenvalue weighted by Crippen LogP contribution is -2.49. The maximum absolute atomic E-state index is 13.9. The lowest BCUT2D eigenvalue weighted by atomic mass is 9.70. The number of fused-ring (bicyclic) bond motifs is 2. The zero-order chi connectivity index (χ0) is 25.7. The van der Waals surface area contributed by atoms with Gasteiger partial charge < -0.3 is 4.90 Å². The van der Waals surface area contributed by atoms with E-state index in [2.05, 4.69) is 13.8 Å². The Morgan fingerprint density at radius 1 is 1.06 bits per heavy atom. The highest BCUT2D eigenvalue weighted by atomic mass is 32.2. The molecule has 0 N–H and O–H groups in total. The molecule has 8 heteroatoms. The molecule has 36 heavy (non-hydrogen) atoms. The number of carbonyl (C=O) groups excluding carboxylic acids is 2. The summed E-state index contributed by atoms with van der Waals surface area (Å²) in [4.78, 5) is 30.8. The van der Waals surface area contributed by atoms with Crippen LogP contribution < -0.4 is 0 Å². The fourth-order valence-corrected chi connectivity index (χ4v) is 9.69. The van der Waals surface area contributed by atoms with Crippen molar-refractivity contribution in [3.63, 3.8) is 0 Å². The van der Waals surface area contributed by atoms with Gasteiger partial charge in [-0.05, 0) is 61.6 Å². The molecule has 2 bridgehead atoms. The number of benzene rings is 1. The third-order valence-electron chi connectivity index (χ3n) is 8.88. The van der Waals surface area contributed by atoms with Gasteiger partial charge in [-0.25, -0.2) is 8.42 Å². The minimum absolute atomic E-state index is 0.0909. The predicted molar refractivity (Wildman–Crippen MR) is 142 cm³/mol. The second-order valence-electron chi connectivity index (χ2n) is 11.4. The highest BCUT2D eigenvalue weighted by Gasteiger charge is 2.66. The first kappa shape index (κ1) is 25.6. The fourth-order valence-electron chi connectivity index (χ4n) is 6.35. The summed E-state index contributed by atoms with van der Waals surface area (Å²) in [6, 6.07) is 13.7. The highest BCUT2D eigenvalue weighted by Crippen LogP contribution is 2.64. The summed E-state index contributed by atoms with van der Waals surface area (Å²) in [6.07, 6.45) is 3.55. The Hall–Kier alpha value is -2.03. The van der Waals surface area contributed by atoms with E-state index in [-0.39, 0.29) is 41.4 Å². The first-order valence-corrected chi connectivity index (χ1v) is 15.3. The number of aryl methyl sites for hydroxylation is 1. The Morgan fingerprint density at radius 2 is 1.78 bits per heavy atom. The number of nitrogens with zero attached hydrogens (tertiary/aromatic N) is 2. The molecule has 1 amide bonds. The van der Waals surface area contributed by atoms with E-state index in [0.29, 0.717) is 25.9 Å². The summed E-state index contributed by atoms with van der Waals surface area (Å²) in [5.74, 6) is -0.0197. The van der Waals surface area contributed by atoms with Crippen LogP contribution in [0.5, 0.6) is 0 Å². The summed E-state index contributed by atoms with van der Waals surface area (Å²) in [7, 11) is -3.79. The summed E-state index contributed by atoms with van der Waals surface area (Å²) in [5.41, 5.74) is -0.147. The van der Waals surface area contributed by atoms with E-state index in [9.17, 15) is 18.0 Å². The second kappa shape index (κ2) is 9.37. The second-order valence-corrected chi connectivity index (χ2v) is 14.7. The van der Waals surface area contributed by atoms with E-state index in [1.807, 2.05) is 49.4 Å². The van der Waals surface area contributed by atoms with Crippen molar-refractivity contribution in [3.05, 3.63) is 57.8 Å². The maximum Gasteiger partial charge on any atom is 0.238 e. The molecule has 0 aliphatic heterocycles. The fraction of sp³-hybridized carbons (Fsp3) is 0.571. The minimum Gasteiger partial charge on any atom is -0.332 e. The van der Waals surface area contributed by atoms with Crippen LogP contribution in [-0.4, -0.2) is 47.7 Å². The van der Waals surface area contributed by atoms with Gasteiger partial charge in [-0.1, -0.05) is 44.2 Å². The first-order valence-electron chi connectivity index (χ1n) is 12.9. The smallest absolute Gasteiger partial charge is 0.238 e. The summed E-state index contributed by atoms with van der Waals surface area (Å²) in [5, 5.41) is 0. The molecule has 1 aromatic heterocycles. The Morgan fingerprint density at radius 3 is 2.33 bits per heavy atom. The van der Waals surface area contributed by atoms with E-state index in [4.69, 9.17) is 0 Å². The molecule has 194 valence electrons. The Bertz CT molecular complexity index is 1250. The van der Waals surface area contributed by atoms with Crippen molar-refractivity contribution < 1.29 is 18.0 Å². The first-order chi connectivity index (χ1) is 17.0. The van der Waals surface area contributed by atoms with Crippen LogP contribution in [0.15, 0.2) is 42.5 Å². The predicted octanol–water partition coefficient (Wildman–Crippen LogP) is 4.77. The van der Waals surface area contributed by atoms with Gasteiger partial charge in [-0.15, -0.1) is 11.3 Å². The van der Waals surface area contributed by atoms with Gasteiger partial charge in [0.25, 0.3) is 0 Å². The quantitative estimate of drug-likeness (QED) is 0.445. The molecular weight excluding hydrogens is 492 g/mol. The van der Waals surface area contributed by atoms with Gasteiger partial charge in [-0.3, -0.25) is 9.59 Å². The standard InChI is InChI=1S/C28H36N2O4S2/c1-20-9-12-24(35-20)17-29(16-21-7-5-4-6-8-21)26(32)18-30(23-10-11-23)36(33,34)19-28-14-13-22(15-25(28)31)27(28,2)3/h4-9,12,22-23H,10-11,13-19H2,1-3H3. The topological polar surface area (TPSA) is 74.8 Å².